The van der Waals surface area contributed by atoms with Crippen LogP contribution in [0.5, 0.6) is 0 Å². The van der Waals surface area contributed by atoms with Gasteiger partial charge in [-0.25, -0.2) is 0 Å². The zero-order chi connectivity index (χ0) is 7.82. The fourth-order valence-electron chi connectivity index (χ4n) is 0.673. The van der Waals surface area contributed by atoms with E-state index in [1.54, 1.807) is 0 Å². The second-order valence-electron chi connectivity index (χ2n) is 2.28. The zero-order valence-corrected chi connectivity index (χ0v) is 6.47. The van der Waals surface area contributed by atoms with Gasteiger partial charge in [-0.2, -0.15) is 0 Å². The molecule has 0 aromatic carbocycles. The fourth-order valence-corrected chi connectivity index (χ4v) is 0.673. The molecule has 0 aromatic heterocycles. The Hall–Kier alpha value is -0.850. The molecular formula is C9H14O. The van der Waals surface area contributed by atoms with Crippen LogP contribution in [0.2, 0.25) is 0 Å². The molecule has 0 N–H and O–H groups in total. The Morgan fingerprint density at radius 1 is 1.60 bits per heavy atom. The average Bonchev–Trinajstić information content (AvgIpc) is 1.97. The van der Waals surface area contributed by atoms with Crippen LogP contribution >= 0.6 is 0 Å². The SMILES string of the molecule is C=CC/C=C(\C)CCC=O. The topological polar surface area (TPSA) is 17.1 Å². The molecule has 0 heterocycles. The molecule has 0 fully saturated rings. The first-order chi connectivity index (χ1) is 4.81. The van der Waals surface area contributed by atoms with Crippen molar-refractivity contribution < 1.29 is 4.79 Å². The summed E-state index contributed by atoms with van der Waals surface area (Å²) >= 11 is 0. The van der Waals surface area contributed by atoms with Crippen LogP contribution in [0.4, 0.5) is 0 Å². The predicted octanol–water partition coefficient (Wildman–Crippen LogP) is 2.49. The Bertz CT molecular complexity index is 134. The van der Waals surface area contributed by atoms with Gasteiger partial charge < -0.3 is 4.79 Å². The second kappa shape index (κ2) is 6.27. The van der Waals surface area contributed by atoms with E-state index in [0.29, 0.717) is 6.42 Å². The van der Waals surface area contributed by atoms with E-state index in [-0.39, 0.29) is 0 Å². The highest BCUT2D eigenvalue weighted by atomic mass is 16.1. The molecule has 0 spiro atoms. The highest BCUT2D eigenvalue weighted by Gasteiger charge is 1.86. The molecule has 0 saturated heterocycles. The number of aldehydes is 1. The van der Waals surface area contributed by atoms with Crippen molar-refractivity contribution in [3.63, 3.8) is 0 Å². The van der Waals surface area contributed by atoms with E-state index in [1.807, 2.05) is 13.0 Å². The summed E-state index contributed by atoms with van der Waals surface area (Å²) in [7, 11) is 0. The smallest absolute Gasteiger partial charge is 0.120 e. The largest absolute Gasteiger partial charge is 0.303 e. The number of carbonyl (C=O) groups excluding carboxylic acids is 1. The van der Waals surface area contributed by atoms with Crippen LogP contribution in [0, 0.1) is 0 Å². The van der Waals surface area contributed by atoms with E-state index in [0.717, 1.165) is 19.1 Å². The molecule has 0 aliphatic carbocycles. The lowest BCUT2D eigenvalue weighted by molar-refractivity contribution is -0.107. The van der Waals surface area contributed by atoms with Gasteiger partial charge in [0.1, 0.15) is 6.29 Å². The number of rotatable bonds is 5. The van der Waals surface area contributed by atoms with Crippen molar-refractivity contribution in [3.05, 3.63) is 24.3 Å². The molecular weight excluding hydrogens is 124 g/mol. The Labute approximate surface area is 62.4 Å². The summed E-state index contributed by atoms with van der Waals surface area (Å²) in [6.07, 6.45) is 7.33. The molecule has 0 saturated carbocycles. The quantitative estimate of drug-likeness (QED) is 0.421. The van der Waals surface area contributed by atoms with Gasteiger partial charge in [0.05, 0.1) is 0 Å². The minimum absolute atomic E-state index is 0.638. The van der Waals surface area contributed by atoms with Crippen molar-refractivity contribution in [1.82, 2.24) is 0 Å². The standard InChI is InChI=1S/C9H14O/c1-3-4-6-9(2)7-5-8-10/h3,6,8H,1,4-5,7H2,2H3/b9-6+. The monoisotopic (exact) mass is 138 g/mol. The summed E-state index contributed by atoms with van der Waals surface area (Å²) in [4.78, 5) is 9.94. The van der Waals surface area contributed by atoms with Crippen LogP contribution in [0.25, 0.3) is 0 Å². The third-order valence-corrected chi connectivity index (χ3v) is 1.29. The summed E-state index contributed by atoms with van der Waals surface area (Å²) in [5.74, 6) is 0. The molecule has 1 heteroatoms. The van der Waals surface area contributed by atoms with E-state index < -0.39 is 0 Å². The van der Waals surface area contributed by atoms with Crippen molar-refractivity contribution >= 4 is 6.29 Å². The van der Waals surface area contributed by atoms with Gasteiger partial charge in [0.2, 0.25) is 0 Å². The first-order valence-corrected chi connectivity index (χ1v) is 3.51. The molecule has 0 aromatic rings. The van der Waals surface area contributed by atoms with Crippen molar-refractivity contribution in [1.29, 1.82) is 0 Å². The third-order valence-electron chi connectivity index (χ3n) is 1.29. The number of allylic oxidation sites excluding steroid dienone is 3. The van der Waals surface area contributed by atoms with Gasteiger partial charge in [0.25, 0.3) is 0 Å². The van der Waals surface area contributed by atoms with Gasteiger partial charge in [-0.15, -0.1) is 6.58 Å². The van der Waals surface area contributed by atoms with Crippen LogP contribution in [0.15, 0.2) is 24.3 Å². The van der Waals surface area contributed by atoms with Gasteiger partial charge in [0.15, 0.2) is 0 Å². The molecule has 0 amide bonds. The predicted molar refractivity (Wildman–Crippen MR) is 43.9 cm³/mol. The Balaban J connectivity index is 3.47. The maximum atomic E-state index is 9.94. The zero-order valence-electron chi connectivity index (χ0n) is 6.47. The van der Waals surface area contributed by atoms with Crippen LogP contribution < -0.4 is 0 Å². The van der Waals surface area contributed by atoms with E-state index in [2.05, 4.69) is 12.7 Å². The van der Waals surface area contributed by atoms with Gasteiger partial charge >= 0.3 is 0 Å². The third kappa shape index (κ3) is 5.29. The average molecular weight is 138 g/mol. The number of hydrogen-bond acceptors (Lipinski definition) is 1. The first-order valence-electron chi connectivity index (χ1n) is 3.51. The van der Waals surface area contributed by atoms with Crippen LogP contribution in [0.3, 0.4) is 0 Å². The molecule has 0 atom stereocenters. The van der Waals surface area contributed by atoms with Crippen molar-refractivity contribution in [3.8, 4) is 0 Å². The minimum atomic E-state index is 0.638. The molecule has 0 unspecified atom stereocenters. The number of hydrogen-bond donors (Lipinski definition) is 0. The number of carbonyl (C=O) groups is 1. The maximum absolute atomic E-state index is 9.94. The normalized spacial score (nSPS) is 11.1. The lowest BCUT2D eigenvalue weighted by atomic mass is 10.1. The molecule has 10 heavy (non-hydrogen) atoms. The molecule has 0 aliphatic rings. The second-order valence-corrected chi connectivity index (χ2v) is 2.28. The maximum Gasteiger partial charge on any atom is 0.120 e. The Morgan fingerprint density at radius 3 is 2.80 bits per heavy atom. The van der Waals surface area contributed by atoms with Gasteiger partial charge in [-0.05, 0) is 19.8 Å². The highest BCUT2D eigenvalue weighted by molar-refractivity contribution is 5.49. The van der Waals surface area contributed by atoms with Gasteiger partial charge in [-0.1, -0.05) is 17.7 Å². The van der Waals surface area contributed by atoms with Gasteiger partial charge in [0, 0.05) is 6.42 Å². The van der Waals surface area contributed by atoms with Gasteiger partial charge in [-0.3, -0.25) is 0 Å². The van der Waals surface area contributed by atoms with E-state index in [4.69, 9.17) is 0 Å². The molecule has 0 rings (SSSR count). The Morgan fingerprint density at radius 2 is 2.30 bits per heavy atom. The highest BCUT2D eigenvalue weighted by Crippen LogP contribution is 2.03. The van der Waals surface area contributed by atoms with Crippen molar-refractivity contribution in [2.75, 3.05) is 0 Å². The van der Waals surface area contributed by atoms with Crippen LogP contribution in [-0.2, 0) is 4.79 Å². The summed E-state index contributed by atoms with van der Waals surface area (Å²) in [6, 6.07) is 0. The fraction of sp³-hybridized carbons (Fsp3) is 0.444. The van der Waals surface area contributed by atoms with Crippen LogP contribution in [-0.4, -0.2) is 6.29 Å². The van der Waals surface area contributed by atoms with E-state index in [9.17, 15) is 4.79 Å². The first kappa shape index (κ1) is 9.15. The summed E-state index contributed by atoms with van der Waals surface area (Å²) < 4.78 is 0. The van der Waals surface area contributed by atoms with E-state index >= 15 is 0 Å². The summed E-state index contributed by atoms with van der Waals surface area (Å²) in [6.45, 7) is 5.63. The molecule has 0 bridgehead atoms. The molecule has 56 valence electrons. The lowest BCUT2D eigenvalue weighted by Crippen LogP contribution is -1.78. The molecule has 1 nitrogen and oxygen atoms in total. The Kier molecular flexibility index (Phi) is 5.74. The molecule has 0 aliphatic heterocycles. The van der Waals surface area contributed by atoms with Crippen molar-refractivity contribution in [2.24, 2.45) is 0 Å². The van der Waals surface area contributed by atoms with E-state index in [1.165, 1.54) is 5.57 Å². The summed E-state index contributed by atoms with van der Waals surface area (Å²) in [5.41, 5.74) is 1.27. The summed E-state index contributed by atoms with van der Waals surface area (Å²) in [5, 5.41) is 0. The minimum Gasteiger partial charge on any atom is -0.303 e. The lowest BCUT2D eigenvalue weighted by Gasteiger charge is -1.93. The van der Waals surface area contributed by atoms with Crippen LogP contribution in [0.1, 0.15) is 26.2 Å². The molecule has 0 radical (unpaired) electrons. The van der Waals surface area contributed by atoms with Crippen molar-refractivity contribution in [2.45, 2.75) is 26.2 Å².